The third kappa shape index (κ3) is 6.02. The van der Waals surface area contributed by atoms with Gasteiger partial charge in [-0.2, -0.15) is 5.11 Å². The minimum Gasteiger partial charge on any atom is -0.341 e. The maximum absolute atomic E-state index is 11.3. The van der Waals surface area contributed by atoms with Crippen LogP contribution in [0.4, 0.5) is 0 Å². The zero-order valence-corrected chi connectivity index (χ0v) is 9.08. The summed E-state index contributed by atoms with van der Waals surface area (Å²) in [7, 11) is 1.47. The lowest BCUT2D eigenvalue weighted by molar-refractivity contribution is -0.212. The molecule has 0 heterocycles. The van der Waals surface area contributed by atoms with E-state index in [4.69, 9.17) is 4.74 Å². The van der Waals surface area contributed by atoms with E-state index in [0.29, 0.717) is 0 Å². The Balaban J connectivity index is 3.72. The molecule has 1 unspecified atom stereocenters. The molecule has 0 bridgehead atoms. The average molecular weight is 188 g/mol. The first kappa shape index (κ1) is 12.9. The van der Waals surface area contributed by atoms with Gasteiger partial charge < -0.3 is 4.74 Å². The van der Waals surface area contributed by atoms with Gasteiger partial charge in [-0.15, -0.1) is 0 Å². The molecular weight excluding hydrogens is 166 g/mol. The van der Waals surface area contributed by atoms with Gasteiger partial charge in [-0.1, -0.05) is 26.7 Å². The standard InChI is InChI=1S/C10H22NO2/c1-4-6-8-11(9-7-5-2)10(12)13-3/h10H,4-9H2,1-3H3. The van der Waals surface area contributed by atoms with E-state index in [1.807, 2.05) is 4.90 Å². The molecule has 0 aromatic carbocycles. The van der Waals surface area contributed by atoms with E-state index < -0.39 is 6.41 Å². The van der Waals surface area contributed by atoms with Crippen LogP contribution in [0.25, 0.3) is 0 Å². The van der Waals surface area contributed by atoms with Crippen molar-refractivity contribution in [1.29, 1.82) is 0 Å². The number of nitrogens with zero attached hydrogens (tertiary/aromatic N) is 1. The molecule has 1 atom stereocenters. The van der Waals surface area contributed by atoms with Crippen LogP contribution >= 0.6 is 0 Å². The van der Waals surface area contributed by atoms with Gasteiger partial charge in [0.1, 0.15) is 0 Å². The second-order valence-corrected chi connectivity index (χ2v) is 3.29. The van der Waals surface area contributed by atoms with Crippen LogP contribution in [0.2, 0.25) is 0 Å². The first-order chi connectivity index (χ1) is 6.26. The maximum Gasteiger partial charge on any atom is 0.250 e. The van der Waals surface area contributed by atoms with Crippen molar-refractivity contribution < 1.29 is 9.84 Å². The summed E-state index contributed by atoms with van der Waals surface area (Å²) in [5, 5.41) is 11.3. The normalized spacial score (nSPS) is 13.6. The highest BCUT2D eigenvalue weighted by Crippen LogP contribution is 2.03. The average Bonchev–Trinajstić information content (AvgIpc) is 2.17. The molecule has 79 valence electrons. The van der Waals surface area contributed by atoms with E-state index in [1.165, 1.54) is 7.11 Å². The molecule has 0 saturated heterocycles. The lowest BCUT2D eigenvalue weighted by atomic mass is 10.3. The quantitative estimate of drug-likeness (QED) is 0.547. The zero-order chi connectivity index (χ0) is 10.1. The molecule has 0 aromatic rings. The van der Waals surface area contributed by atoms with Crippen LogP contribution in [-0.2, 0) is 9.84 Å². The Morgan fingerprint density at radius 2 is 1.62 bits per heavy atom. The highest BCUT2D eigenvalue weighted by molar-refractivity contribution is 4.55. The fourth-order valence-electron chi connectivity index (χ4n) is 1.19. The maximum atomic E-state index is 11.3. The van der Waals surface area contributed by atoms with Crippen molar-refractivity contribution in [2.45, 2.75) is 45.9 Å². The highest BCUT2D eigenvalue weighted by Gasteiger charge is 2.14. The Kier molecular flexibility index (Phi) is 8.40. The topological polar surface area (TPSA) is 32.4 Å². The summed E-state index contributed by atoms with van der Waals surface area (Å²) < 4.78 is 4.78. The van der Waals surface area contributed by atoms with Gasteiger partial charge in [-0.3, -0.25) is 4.90 Å². The fourth-order valence-corrected chi connectivity index (χ4v) is 1.19. The molecule has 3 heteroatoms. The second-order valence-electron chi connectivity index (χ2n) is 3.29. The largest absolute Gasteiger partial charge is 0.341 e. The summed E-state index contributed by atoms with van der Waals surface area (Å²) >= 11 is 0. The molecule has 0 saturated carbocycles. The predicted octanol–water partition coefficient (Wildman–Crippen LogP) is 2.25. The van der Waals surface area contributed by atoms with Crippen LogP contribution in [0.5, 0.6) is 0 Å². The molecule has 0 aliphatic rings. The van der Waals surface area contributed by atoms with Crippen molar-refractivity contribution in [3.8, 4) is 0 Å². The van der Waals surface area contributed by atoms with Gasteiger partial charge >= 0.3 is 0 Å². The van der Waals surface area contributed by atoms with Crippen molar-refractivity contribution in [2.24, 2.45) is 0 Å². The van der Waals surface area contributed by atoms with Crippen LogP contribution in [0.3, 0.4) is 0 Å². The zero-order valence-electron chi connectivity index (χ0n) is 9.08. The number of ether oxygens (including phenoxy) is 1. The number of hydrogen-bond acceptors (Lipinski definition) is 2. The predicted molar refractivity (Wildman–Crippen MR) is 52.9 cm³/mol. The van der Waals surface area contributed by atoms with Gasteiger partial charge in [0.15, 0.2) is 0 Å². The monoisotopic (exact) mass is 188 g/mol. The van der Waals surface area contributed by atoms with Gasteiger partial charge in [-0.05, 0) is 12.8 Å². The summed E-state index contributed by atoms with van der Waals surface area (Å²) in [5.41, 5.74) is 0. The Labute approximate surface area is 81.7 Å². The Morgan fingerprint density at radius 3 is 1.92 bits per heavy atom. The van der Waals surface area contributed by atoms with Gasteiger partial charge in [0.25, 0.3) is 0 Å². The number of unbranched alkanes of at least 4 members (excludes halogenated alkanes) is 2. The van der Waals surface area contributed by atoms with Gasteiger partial charge in [0.2, 0.25) is 6.41 Å². The fraction of sp³-hybridized carbons (Fsp3) is 1.00. The summed E-state index contributed by atoms with van der Waals surface area (Å²) in [6, 6.07) is 0. The number of methoxy groups -OCH3 is 1. The third-order valence-electron chi connectivity index (χ3n) is 2.10. The smallest absolute Gasteiger partial charge is 0.250 e. The molecule has 0 aliphatic carbocycles. The summed E-state index contributed by atoms with van der Waals surface area (Å²) in [6.07, 6.45) is 3.42. The van der Waals surface area contributed by atoms with Gasteiger partial charge in [-0.25, -0.2) is 0 Å². The molecule has 0 N–H and O–H groups in total. The van der Waals surface area contributed by atoms with Crippen LogP contribution < -0.4 is 0 Å². The van der Waals surface area contributed by atoms with Crippen LogP contribution in [0.15, 0.2) is 0 Å². The number of rotatable bonds is 8. The Morgan fingerprint density at radius 1 is 1.15 bits per heavy atom. The SMILES string of the molecule is CCCCN(CCCC)C([O])OC. The minimum absolute atomic E-state index is 0.860. The molecule has 0 spiro atoms. The van der Waals surface area contributed by atoms with E-state index in [-0.39, 0.29) is 0 Å². The molecule has 0 aromatic heterocycles. The second kappa shape index (κ2) is 8.48. The molecule has 0 aliphatic heterocycles. The summed E-state index contributed by atoms with van der Waals surface area (Å²) in [5.74, 6) is 0. The highest BCUT2D eigenvalue weighted by atomic mass is 16.6. The first-order valence-corrected chi connectivity index (χ1v) is 5.18. The van der Waals surface area contributed by atoms with Crippen LogP contribution in [-0.4, -0.2) is 31.5 Å². The van der Waals surface area contributed by atoms with Gasteiger partial charge in [0.05, 0.1) is 0 Å². The molecule has 13 heavy (non-hydrogen) atoms. The molecule has 0 amide bonds. The van der Waals surface area contributed by atoms with E-state index in [9.17, 15) is 5.11 Å². The summed E-state index contributed by atoms with van der Waals surface area (Å²) in [4.78, 5) is 1.87. The van der Waals surface area contributed by atoms with Gasteiger partial charge in [0, 0.05) is 20.2 Å². The Bertz CT molecular complexity index is 101. The summed E-state index contributed by atoms with van der Waals surface area (Å²) in [6.45, 7) is 5.98. The van der Waals surface area contributed by atoms with E-state index in [2.05, 4.69) is 13.8 Å². The first-order valence-electron chi connectivity index (χ1n) is 5.18. The Hall–Kier alpha value is -0.120. The number of hydrogen-bond donors (Lipinski definition) is 0. The van der Waals surface area contributed by atoms with Crippen LogP contribution in [0.1, 0.15) is 39.5 Å². The third-order valence-corrected chi connectivity index (χ3v) is 2.10. The van der Waals surface area contributed by atoms with Crippen LogP contribution in [0, 0.1) is 0 Å². The lowest BCUT2D eigenvalue weighted by Gasteiger charge is -2.24. The molecule has 0 fully saturated rings. The van der Waals surface area contributed by atoms with Crippen molar-refractivity contribution in [3.05, 3.63) is 0 Å². The van der Waals surface area contributed by atoms with Crippen molar-refractivity contribution >= 4 is 0 Å². The molecular formula is C10H22NO2. The molecule has 3 nitrogen and oxygen atoms in total. The minimum atomic E-state index is -0.974. The van der Waals surface area contributed by atoms with Crippen molar-refractivity contribution in [1.82, 2.24) is 4.90 Å². The lowest BCUT2D eigenvalue weighted by Crippen LogP contribution is -2.37. The molecule has 0 rings (SSSR count). The van der Waals surface area contributed by atoms with Crippen molar-refractivity contribution in [3.63, 3.8) is 0 Å². The van der Waals surface area contributed by atoms with Crippen molar-refractivity contribution in [2.75, 3.05) is 20.2 Å². The van der Waals surface area contributed by atoms with E-state index in [0.717, 1.165) is 38.8 Å². The van der Waals surface area contributed by atoms with E-state index in [1.54, 1.807) is 0 Å². The molecule has 1 radical (unpaired) electrons. The van der Waals surface area contributed by atoms with E-state index >= 15 is 0 Å².